The molecule has 0 spiro atoms. The van der Waals surface area contributed by atoms with Crippen molar-refractivity contribution in [2.24, 2.45) is 0 Å². The van der Waals surface area contributed by atoms with Crippen LogP contribution in [0.15, 0.2) is 18.2 Å². The summed E-state index contributed by atoms with van der Waals surface area (Å²) in [5.74, 6) is 0.680. The summed E-state index contributed by atoms with van der Waals surface area (Å²) in [7, 11) is 0. The average Bonchev–Trinajstić information content (AvgIpc) is 2.63. The molecule has 0 atom stereocenters. The van der Waals surface area contributed by atoms with E-state index in [-0.39, 0.29) is 0 Å². The number of hydrogen-bond acceptors (Lipinski definition) is 2. The molecule has 1 aromatic rings. The molecule has 0 bridgehead atoms. The summed E-state index contributed by atoms with van der Waals surface area (Å²) in [6.07, 6.45) is 5.32. The summed E-state index contributed by atoms with van der Waals surface area (Å²) in [6, 6.07) is 5.48. The largest absolute Gasteiger partial charge is 0.491 e. The topological polar surface area (TPSA) is 12.5 Å². The summed E-state index contributed by atoms with van der Waals surface area (Å²) < 4.78 is 5.70. The van der Waals surface area contributed by atoms with E-state index in [1.165, 1.54) is 38.8 Å². The van der Waals surface area contributed by atoms with Crippen LogP contribution < -0.4 is 4.74 Å². The Hall–Kier alpha value is -0.440. The molecule has 0 saturated carbocycles. The molecule has 18 heavy (non-hydrogen) atoms. The fourth-order valence-corrected chi connectivity index (χ4v) is 2.59. The number of halogens is 2. The molecule has 1 aliphatic heterocycles. The van der Waals surface area contributed by atoms with E-state index < -0.39 is 0 Å². The summed E-state index contributed by atoms with van der Waals surface area (Å²) in [5.41, 5.74) is 0. The van der Waals surface area contributed by atoms with Gasteiger partial charge in [-0.05, 0) is 38.1 Å². The van der Waals surface area contributed by atoms with E-state index >= 15 is 0 Å². The van der Waals surface area contributed by atoms with Gasteiger partial charge in [-0.3, -0.25) is 4.90 Å². The van der Waals surface area contributed by atoms with E-state index in [9.17, 15) is 0 Å². The predicted octanol–water partition coefficient (Wildman–Crippen LogP) is 4.25. The van der Waals surface area contributed by atoms with Crippen LogP contribution in [0.25, 0.3) is 0 Å². The zero-order valence-corrected chi connectivity index (χ0v) is 12.0. The molecular weight excluding hydrogens is 269 g/mol. The predicted molar refractivity (Wildman–Crippen MR) is 76.9 cm³/mol. The van der Waals surface area contributed by atoms with Gasteiger partial charge in [0.25, 0.3) is 0 Å². The number of ether oxygens (including phenoxy) is 1. The molecule has 2 rings (SSSR count). The van der Waals surface area contributed by atoms with Gasteiger partial charge in [-0.15, -0.1) is 0 Å². The van der Waals surface area contributed by atoms with Crippen molar-refractivity contribution in [3.05, 3.63) is 28.2 Å². The Morgan fingerprint density at radius 1 is 1.06 bits per heavy atom. The van der Waals surface area contributed by atoms with Crippen LogP contribution in [-0.2, 0) is 0 Å². The van der Waals surface area contributed by atoms with Crippen LogP contribution in [-0.4, -0.2) is 31.1 Å². The summed E-state index contributed by atoms with van der Waals surface area (Å²) in [5, 5.41) is 1.05. The van der Waals surface area contributed by atoms with Crippen molar-refractivity contribution in [1.82, 2.24) is 4.90 Å². The maximum Gasteiger partial charge on any atom is 0.139 e. The van der Waals surface area contributed by atoms with Gasteiger partial charge in [0.15, 0.2) is 0 Å². The Morgan fingerprint density at radius 3 is 2.50 bits per heavy atom. The molecule has 4 heteroatoms. The van der Waals surface area contributed by atoms with Crippen molar-refractivity contribution < 1.29 is 4.74 Å². The number of rotatable bonds is 4. The number of nitrogens with zero attached hydrogens (tertiary/aromatic N) is 1. The summed E-state index contributed by atoms with van der Waals surface area (Å²) in [4.78, 5) is 2.46. The fraction of sp³-hybridized carbons (Fsp3) is 0.571. The lowest BCUT2D eigenvalue weighted by Crippen LogP contribution is -2.29. The Bertz CT molecular complexity index is 376. The molecule has 1 fully saturated rings. The highest BCUT2D eigenvalue weighted by atomic mass is 35.5. The lowest BCUT2D eigenvalue weighted by Gasteiger charge is -2.20. The van der Waals surface area contributed by atoms with Gasteiger partial charge in [-0.1, -0.05) is 42.1 Å². The van der Waals surface area contributed by atoms with Crippen molar-refractivity contribution in [3.63, 3.8) is 0 Å². The standard InChI is InChI=1S/C14H19Cl2NO/c15-12-6-5-7-13(14(12)16)18-11-10-17-8-3-1-2-4-9-17/h5-7H,1-4,8-11H2. The zero-order valence-electron chi connectivity index (χ0n) is 10.5. The molecule has 0 aliphatic carbocycles. The van der Waals surface area contributed by atoms with E-state index in [1.54, 1.807) is 6.07 Å². The van der Waals surface area contributed by atoms with Gasteiger partial charge in [-0.2, -0.15) is 0 Å². The molecule has 0 N–H and O–H groups in total. The van der Waals surface area contributed by atoms with E-state index in [0.29, 0.717) is 22.4 Å². The van der Waals surface area contributed by atoms with Crippen molar-refractivity contribution in [3.8, 4) is 5.75 Å². The van der Waals surface area contributed by atoms with Crippen LogP contribution in [0.1, 0.15) is 25.7 Å². The van der Waals surface area contributed by atoms with Crippen LogP contribution >= 0.6 is 23.2 Å². The Balaban J connectivity index is 1.79. The minimum atomic E-state index is 0.509. The second-order valence-electron chi connectivity index (χ2n) is 4.66. The van der Waals surface area contributed by atoms with Gasteiger partial charge in [0, 0.05) is 6.54 Å². The fourth-order valence-electron chi connectivity index (χ4n) is 2.24. The number of likely N-dealkylation sites (tertiary alicyclic amines) is 1. The first-order valence-corrected chi connectivity index (χ1v) is 7.32. The highest BCUT2D eigenvalue weighted by Crippen LogP contribution is 2.31. The van der Waals surface area contributed by atoms with Gasteiger partial charge in [-0.25, -0.2) is 0 Å². The third-order valence-corrected chi connectivity index (χ3v) is 4.08. The molecule has 1 heterocycles. The second kappa shape index (κ2) is 7.22. The molecule has 100 valence electrons. The molecule has 0 aromatic heterocycles. The Labute approximate surface area is 119 Å². The Kier molecular flexibility index (Phi) is 5.61. The minimum absolute atomic E-state index is 0.509. The van der Waals surface area contributed by atoms with Crippen LogP contribution in [0.3, 0.4) is 0 Å². The first-order chi connectivity index (χ1) is 8.77. The first-order valence-electron chi connectivity index (χ1n) is 6.56. The van der Waals surface area contributed by atoms with Gasteiger partial charge in [0.2, 0.25) is 0 Å². The molecule has 0 amide bonds. The lowest BCUT2D eigenvalue weighted by atomic mass is 10.2. The van der Waals surface area contributed by atoms with Crippen LogP contribution in [0.2, 0.25) is 10.0 Å². The quantitative estimate of drug-likeness (QED) is 0.821. The highest BCUT2D eigenvalue weighted by Gasteiger charge is 2.10. The SMILES string of the molecule is Clc1cccc(OCCN2CCCCCC2)c1Cl. The molecule has 1 saturated heterocycles. The van der Waals surface area contributed by atoms with E-state index in [1.807, 2.05) is 12.1 Å². The third-order valence-electron chi connectivity index (χ3n) is 3.28. The maximum absolute atomic E-state index is 6.07. The normalized spacial score (nSPS) is 17.4. The molecular formula is C14H19Cl2NO. The van der Waals surface area contributed by atoms with Crippen LogP contribution in [0.4, 0.5) is 0 Å². The molecule has 0 radical (unpaired) electrons. The van der Waals surface area contributed by atoms with Gasteiger partial charge >= 0.3 is 0 Å². The summed E-state index contributed by atoms with van der Waals surface area (Å²) in [6.45, 7) is 4.00. The first kappa shape index (κ1) is 14.0. The molecule has 2 nitrogen and oxygen atoms in total. The second-order valence-corrected chi connectivity index (χ2v) is 5.44. The van der Waals surface area contributed by atoms with E-state index in [4.69, 9.17) is 27.9 Å². The van der Waals surface area contributed by atoms with Crippen LogP contribution in [0, 0.1) is 0 Å². The lowest BCUT2D eigenvalue weighted by molar-refractivity contribution is 0.214. The van der Waals surface area contributed by atoms with Gasteiger partial charge < -0.3 is 4.74 Å². The number of benzene rings is 1. The molecule has 1 aromatic carbocycles. The van der Waals surface area contributed by atoms with Crippen molar-refractivity contribution in [2.75, 3.05) is 26.2 Å². The zero-order chi connectivity index (χ0) is 12.8. The van der Waals surface area contributed by atoms with Gasteiger partial charge in [0.05, 0.1) is 5.02 Å². The Morgan fingerprint density at radius 2 is 1.78 bits per heavy atom. The highest BCUT2D eigenvalue weighted by molar-refractivity contribution is 6.42. The third kappa shape index (κ3) is 4.04. The molecule has 0 unspecified atom stereocenters. The van der Waals surface area contributed by atoms with E-state index in [0.717, 1.165) is 6.54 Å². The number of hydrogen-bond donors (Lipinski definition) is 0. The summed E-state index contributed by atoms with van der Waals surface area (Å²) >= 11 is 12.0. The van der Waals surface area contributed by atoms with Crippen molar-refractivity contribution in [1.29, 1.82) is 0 Å². The smallest absolute Gasteiger partial charge is 0.139 e. The van der Waals surface area contributed by atoms with Crippen LogP contribution in [0.5, 0.6) is 5.75 Å². The average molecular weight is 288 g/mol. The van der Waals surface area contributed by atoms with Gasteiger partial charge in [0.1, 0.15) is 17.4 Å². The van der Waals surface area contributed by atoms with Crippen molar-refractivity contribution >= 4 is 23.2 Å². The monoisotopic (exact) mass is 287 g/mol. The molecule has 1 aliphatic rings. The van der Waals surface area contributed by atoms with E-state index in [2.05, 4.69) is 4.90 Å². The minimum Gasteiger partial charge on any atom is -0.491 e. The maximum atomic E-state index is 6.07. The van der Waals surface area contributed by atoms with Crippen molar-refractivity contribution in [2.45, 2.75) is 25.7 Å².